The summed E-state index contributed by atoms with van der Waals surface area (Å²) in [6.45, 7) is 3.64. The van der Waals surface area contributed by atoms with Crippen LogP contribution in [0.5, 0.6) is 0 Å². The summed E-state index contributed by atoms with van der Waals surface area (Å²) >= 11 is 1.71. The fourth-order valence-electron chi connectivity index (χ4n) is 1.93. The number of ether oxygens (including phenoxy) is 1. The number of carbonyl (C=O) groups excluding carboxylic acids is 1. The highest BCUT2D eigenvalue weighted by Gasteiger charge is 2.16. The molecule has 2 rings (SSSR count). The molecule has 0 amide bonds. The molecule has 0 saturated heterocycles. The van der Waals surface area contributed by atoms with Gasteiger partial charge in [-0.2, -0.15) is 16.4 Å². The molecule has 0 atom stereocenters. The Morgan fingerprint density at radius 1 is 1.55 bits per heavy atom. The van der Waals surface area contributed by atoms with Gasteiger partial charge in [-0.05, 0) is 42.3 Å². The van der Waals surface area contributed by atoms with E-state index in [2.05, 4.69) is 27.2 Å². The second-order valence-electron chi connectivity index (χ2n) is 4.41. The van der Waals surface area contributed by atoms with Crippen LogP contribution >= 0.6 is 11.3 Å². The number of carbonyl (C=O) groups is 1. The standard InChI is InChI=1S/C14H19N3O2S/c1-3-19-14(18)12-8-16-17(2)13(12)9-15-6-4-11-5-7-20-10-11/h5,7-8,10,15H,3-4,6,9H2,1-2H3. The Bertz CT molecular complexity index is 549. The molecular formula is C14H19N3O2S. The first-order valence-electron chi connectivity index (χ1n) is 6.62. The molecule has 5 nitrogen and oxygen atoms in total. The number of rotatable bonds is 7. The van der Waals surface area contributed by atoms with Crippen LogP contribution in [0.2, 0.25) is 0 Å². The molecule has 0 aliphatic heterocycles. The zero-order valence-corrected chi connectivity index (χ0v) is 12.6. The Balaban J connectivity index is 1.88. The lowest BCUT2D eigenvalue weighted by Crippen LogP contribution is -2.20. The number of nitrogens with zero attached hydrogens (tertiary/aromatic N) is 2. The van der Waals surface area contributed by atoms with Crippen LogP contribution in [0.15, 0.2) is 23.0 Å². The van der Waals surface area contributed by atoms with Crippen LogP contribution in [0.1, 0.15) is 28.5 Å². The molecule has 1 N–H and O–H groups in total. The second kappa shape index (κ2) is 7.21. The third-order valence-corrected chi connectivity index (χ3v) is 3.75. The largest absolute Gasteiger partial charge is 0.462 e. The van der Waals surface area contributed by atoms with Crippen molar-refractivity contribution in [1.82, 2.24) is 15.1 Å². The van der Waals surface area contributed by atoms with Crippen LogP contribution in [-0.4, -0.2) is 28.9 Å². The minimum atomic E-state index is -0.310. The van der Waals surface area contributed by atoms with Crippen LogP contribution in [0.25, 0.3) is 0 Å². The zero-order chi connectivity index (χ0) is 14.4. The highest BCUT2D eigenvalue weighted by atomic mass is 32.1. The van der Waals surface area contributed by atoms with Crippen molar-refractivity contribution in [2.45, 2.75) is 19.9 Å². The Kier molecular flexibility index (Phi) is 5.31. The van der Waals surface area contributed by atoms with Crippen molar-refractivity contribution in [3.05, 3.63) is 39.8 Å². The Morgan fingerprint density at radius 3 is 3.10 bits per heavy atom. The minimum Gasteiger partial charge on any atom is -0.462 e. The van der Waals surface area contributed by atoms with E-state index in [1.807, 2.05) is 7.05 Å². The summed E-state index contributed by atoms with van der Waals surface area (Å²) in [6.07, 6.45) is 2.55. The smallest absolute Gasteiger partial charge is 0.341 e. The van der Waals surface area contributed by atoms with Gasteiger partial charge in [-0.25, -0.2) is 4.79 Å². The maximum absolute atomic E-state index is 11.8. The molecule has 2 aromatic rings. The highest BCUT2D eigenvalue weighted by molar-refractivity contribution is 7.07. The first kappa shape index (κ1) is 14.7. The van der Waals surface area contributed by atoms with Gasteiger partial charge in [-0.1, -0.05) is 0 Å². The van der Waals surface area contributed by atoms with Crippen molar-refractivity contribution in [1.29, 1.82) is 0 Å². The molecule has 6 heteroatoms. The topological polar surface area (TPSA) is 56.1 Å². The summed E-state index contributed by atoms with van der Waals surface area (Å²) < 4.78 is 6.74. The van der Waals surface area contributed by atoms with Crippen molar-refractivity contribution >= 4 is 17.3 Å². The van der Waals surface area contributed by atoms with Crippen molar-refractivity contribution in [3.63, 3.8) is 0 Å². The molecule has 0 aromatic carbocycles. The van der Waals surface area contributed by atoms with Gasteiger partial charge in [0, 0.05) is 13.6 Å². The monoisotopic (exact) mass is 293 g/mol. The van der Waals surface area contributed by atoms with Crippen LogP contribution in [0, 0.1) is 0 Å². The number of thiophene rings is 1. The average molecular weight is 293 g/mol. The highest BCUT2D eigenvalue weighted by Crippen LogP contribution is 2.10. The molecule has 20 heavy (non-hydrogen) atoms. The van der Waals surface area contributed by atoms with Crippen LogP contribution in [0.4, 0.5) is 0 Å². The van der Waals surface area contributed by atoms with Gasteiger partial charge in [0.15, 0.2) is 0 Å². The fourth-order valence-corrected chi connectivity index (χ4v) is 2.63. The average Bonchev–Trinajstić information content (AvgIpc) is 3.05. The van der Waals surface area contributed by atoms with Crippen LogP contribution in [-0.2, 0) is 24.8 Å². The number of aryl methyl sites for hydroxylation is 1. The van der Waals surface area contributed by atoms with Gasteiger partial charge in [-0.3, -0.25) is 4.68 Å². The van der Waals surface area contributed by atoms with E-state index < -0.39 is 0 Å². The summed E-state index contributed by atoms with van der Waals surface area (Å²) in [5.41, 5.74) is 2.73. The lowest BCUT2D eigenvalue weighted by Gasteiger charge is -2.07. The Labute approximate surface area is 122 Å². The number of hydrogen-bond donors (Lipinski definition) is 1. The molecule has 0 unspecified atom stereocenters. The summed E-state index contributed by atoms with van der Waals surface area (Å²) in [6, 6.07) is 2.13. The summed E-state index contributed by atoms with van der Waals surface area (Å²) in [5.74, 6) is -0.310. The molecule has 108 valence electrons. The third kappa shape index (κ3) is 3.68. The molecule has 0 aliphatic carbocycles. The lowest BCUT2D eigenvalue weighted by atomic mass is 10.2. The summed E-state index contributed by atoms with van der Waals surface area (Å²) in [4.78, 5) is 11.8. The predicted octanol–water partition coefficient (Wildman–Crippen LogP) is 1.99. The van der Waals surface area contributed by atoms with Gasteiger partial charge in [0.2, 0.25) is 0 Å². The minimum absolute atomic E-state index is 0.310. The van der Waals surface area contributed by atoms with E-state index in [4.69, 9.17) is 4.74 Å². The maximum Gasteiger partial charge on any atom is 0.341 e. The van der Waals surface area contributed by atoms with Gasteiger partial charge < -0.3 is 10.1 Å². The van der Waals surface area contributed by atoms with Crippen molar-refractivity contribution in [3.8, 4) is 0 Å². The van der Waals surface area contributed by atoms with E-state index in [9.17, 15) is 4.79 Å². The van der Waals surface area contributed by atoms with Crippen molar-refractivity contribution < 1.29 is 9.53 Å². The van der Waals surface area contributed by atoms with Gasteiger partial charge in [0.1, 0.15) is 5.56 Å². The summed E-state index contributed by atoms with van der Waals surface area (Å²) in [7, 11) is 1.83. The number of hydrogen-bond acceptors (Lipinski definition) is 5. The molecule has 0 spiro atoms. The van der Waals surface area contributed by atoms with Crippen LogP contribution in [0.3, 0.4) is 0 Å². The van der Waals surface area contributed by atoms with Crippen molar-refractivity contribution in [2.24, 2.45) is 7.05 Å². The first-order chi connectivity index (χ1) is 9.72. The number of esters is 1. The van der Waals surface area contributed by atoms with E-state index >= 15 is 0 Å². The van der Waals surface area contributed by atoms with E-state index in [1.165, 1.54) is 5.56 Å². The lowest BCUT2D eigenvalue weighted by molar-refractivity contribution is 0.0524. The Morgan fingerprint density at radius 2 is 2.40 bits per heavy atom. The van der Waals surface area contributed by atoms with E-state index in [-0.39, 0.29) is 5.97 Å². The van der Waals surface area contributed by atoms with E-state index in [0.29, 0.717) is 18.7 Å². The van der Waals surface area contributed by atoms with Gasteiger partial charge >= 0.3 is 5.97 Å². The molecular weight excluding hydrogens is 274 g/mol. The predicted molar refractivity (Wildman–Crippen MR) is 78.9 cm³/mol. The Hall–Kier alpha value is -1.66. The zero-order valence-electron chi connectivity index (χ0n) is 11.8. The molecule has 0 radical (unpaired) electrons. The van der Waals surface area contributed by atoms with Gasteiger partial charge in [-0.15, -0.1) is 0 Å². The fraction of sp³-hybridized carbons (Fsp3) is 0.429. The maximum atomic E-state index is 11.8. The molecule has 0 saturated carbocycles. The number of nitrogens with one attached hydrogen (secondary N) is 1. The quantitative estimate of drug-likeness (QED) is 0.626. The molecule has 0 fully saturated rings. The normalized spacial score (nSPS) is 10.7. The first-order valence-corrected chi connectivity index (χ1v) is 7.56. The molecule has 2 aromatic heterocycles. The van der Waals surface area contributed by atoms with E-state index in [0.717, 1.165) is 18.7 Å². The van der Waals surface area contributed by atoms with E-state index in [1.54, 1.807) is 29.1 Å². The molecule has 0 aliphatic rings. The third-order valence-electron chi connectivity index (χ3n) is 3.02. The molecule has 0 bridgehead atoms. The summed E-state index contributed by atoms with van der Waals surface area (Å²) in [5, 5.41) is 11.7. The van der Waals surface area contributed by atoms with Crippen LogP contribution < -0.4 is 5.32 Å². The van der Waals surface area contributed by atoms with Crippen molar-refractivity contribution in [2.75, 3.05) is 13.2 Å². The SMILES string of the molecule is CCOC(=O)c1cnn(C)c1CNCCc1ccsc1. The second-order valence-corrected chi connectivity index (χ2v) is 5.19. The number of aromatic nitrogens is 2. The molecule has 2 heterocycles. The van der Waals surface area contributed by atoms with Gasteiger partial charge in [0.25, 0.3) is 0 Å². The van der Waals surface area contributed by atoms with Gasteiger partial charge in [0.05, 0.1) is 18.5 Å².